The van der Waals surface area contributed by atoms with Crippen LogP contribution in [0.5, 0.6) is 5.75 Å². The third kappa shape index (κ3) is 3.47. The molecule has 3 heteroatoms. The molecule has 2 rings (SSSR count). The Labute approximate surface area is 117 Å². The highest BCUT2D eigenvalue weighted by Crippen LogP contribution is 2.43. The molecule has 1 aromatic rings. The normalized spacial score (nSPS) is 24.3. The van der Waals surface area contributed by atoms with Crippen LogP contribution in [0, 0.1) is 0 Å². The van der Waals surface area contributed by atoms with Gasteiger partial charge in [0.25, 0.3) is 0 Å². The number of rotatable bonds is 3. The summed E-state index contributed by atoms with van der Waals surface area (Å²) in [5.74, 6) is 1.71. The molecule has 2 nitrogen and oxygen atoms in total. The molecule has 104 valence electrons. The third-order valence-electron chi connectivity index (χ3n) is 4.31. The predicted molar refractivity (Wildman–Crippen MR) is 81.7 cm³/mol. The number of carbonyl (C=O) groups excluding carboxylic acids is 1. The van der Waals surface area contributed by atoms with Crippen molar-refractivity contribution in [1.82, 2.24) is 0 Å². The maximum absolute atomic E-state index is 12.0. The fraction of sp³-hybridized carbons (Fsp3) is 0.562. The van der Waals surface area contributed by atoms with E-state index in [1.165, 1.54) is 5.56 Å². The van der Waals surface area contributed by atoms with E-state index >= 15 is 0 Å². The van der Waals surface area contributed by atoms with Gasteiger partial charge in [-0.25, -0.2) is 0 Å². The molecule has 0 spiro atoms. The van der Waals surface area contributed by atoms with Crippen molar-refractivity contribution in [3.05, 3.63) is 29.8 Å². The SMILES string of the molecule is COc1cccc([C@@H]2CC(=O)CC([Si](C)(C)C)C2)c1. The van der Waals surface area contributed by atoms with Gasteiger partial charge in [0.2, 0.25) is 0 Å². The summed E-state index contributed by atoms with van der Waals surface area (Å²) in [7, 11) is 0.444. The highest BCUT2D eigenvalue weighted by Gasteiger charge is 2.35. The standard InChI is InChI=1S/C16H24O2Si/c1-18-15-7-5-6-12(9-15)13-8-14(17)11-16(10-13)19(2,3)4/h5-7,9,13,16H,8,10-11H2,1-4H3/t13-,16?/m1/s1. The first-order valence-electron chi connectivity index (χ1n) is 7.06. The lowest BCUT2D eigenvalue weighted by Gasteiger charge is -2.36. The summed E-state index contributed by atoms with van der Waals surface area (Å²) in [4.78, 5) is 12.0. The first kappa shape index (κ1) is 14.3. The van der Waals surface area contributed by atoms with Crippen LogP contribution in [0.2, 0.25) is 25.2 Å². The second-order valence-corrected chi connectivity index (χ2v) is 12.3. The molecule has 0 bridgehead atoms. The lowest BCUT2D eigenvalue weighted by Crippen LogP contribution is -2.34. The number of benzene rings is 1. The maximum atomic E-state index is 12.0. The lowest BCUT2D eigenvalue weighted by atomic mass is 9.83. The van der Waals surface area contributed by atoms with E-state index in [-0.39, 0.29) is 0 Å². The zero-order valence-electron chi connectivity index (χ0n) is 12.4. The zero-order chi connectivity index (χ0) is 14.0. The van der Waals surface area contributed by atoms with Crippen LogP contribution in [-0.2, 0) is 4.79 Å². The van der Waals surface area contributed by atoms with Crippen molar-refractivity contribution in [2.24, 2.45) is 0 Å². The average molecular weight is 276 g/mol. The highest BCUT2D eigenvalue weighted by atomic mass is 28.3. The van der Waals surface area contributed by atoms with Gasteiger partial charge < -0.3 is 4.74 Å². The fourth-order valence-electron chi connectivity index (χ4n) is 2.95. The Kier molecular flexibility index (Phi) is 4.14. The third-order valence-corrected chi connectivity index (χ3v) is 7.20. The summed E-state index contributed by atoms with van der Waals surface area (Å²) < 4.78 is 5.29. The van der Waals surface area contributed by atoms with E-state index in [1.807, 2.05) is 12.1 Å². The van der Waals surface area contributed by atoms with Crippen molar-refractivity contribution in [3.8, 4) is 5.75 Å². The second-order valence-electron chi connectivity index (χ2n) is 6.72. The molecule has 0 aromatic heterocycles. The summed E-state index contributed by atoms with van der Waals surface area (Å²) in [5.41, 5.74) is 1.88. The molecule has 1 saturated carbocycles. The number of carbonyl (C=O) groups is 1. The molecule has 19 heavy (non-hydrogen) atoms. The van der Waals surface area contributed by atoms with Crippen molar-refractivity contribution in [2.75, 3.05) is 7.11 Å². The van der Waals surface area contributed by atoms with Crippen LogP contribution in [0.4, 0.5) is 0 Å². The van der Waals surface area contributed by atoms with E-state index in [0.29, 0.717) is 23.7 Å². The van der Waals surface area contributed by atoms with Gasteiger partial charge in [0.05, 0.1) is 7.11 Å². The van der Waals surface area contributed by atoms with Crippen LogP contribution >= 0.6 is 0 Å². The molecule has 0 saturated heterocycles. The van der Waals surface area contributed by atoms with Crippen LogP contribution < -0.4 is 4.74 Å². The first-order valence-corrected chi connectivity index (χ1v) is 10.6. The van der Waals surface area contributed by atoms with Crippen LogP contribution in [-0.4, -0.2) is 21.0 Å². The molecule has 0 heterocycles. The summed E-state index contributed by atoms with van der Waals surface area (Å²) >= 11 is 0. The molecule has 1 aliphatic carbocycles. The first-order chi connectivity index (χ1) is 8.90. The minimum atomic E-state index is -1.25. The van der Waals surface area contributed by atoms with E-state index < -0.39 is 8.07 Å². The Balaban J connectivity index is 2.21. The van der Waals surface area contributed by atoms with Gasteiger partial charge >= 0.3 is 0 Å². The molecule has 1 aromatic carbocycles. The molecule has 0 aliphatic heterocycles. The van der Waals surface area contributed by atoms with Gasteiger partial charge in [-0.15, -0.1) is 0 Å². The molecule has 0 N–H and O–H groups in total. The van der Waals surface area contributed by atoms with Crippen LogP contribution in [0.1, 0.15) is 30.7 Å². The number of ether oxygens (including phenoxy) is 1. The predicted octanol–water partition coefficient (Wildman–Crippen LogP) is 4.24. The van der Waals surface area contributed by atoms with Gasteiger partial charge in [0, 0.05) is 20.9 Å². The smallest absolute Gasteiger partial charge is 0.133 e. The molecule has 0 radical (unpaired) electrons. The quantitative estimate of drug-likeness (QED) is 0.772. The van der Waals surface area contributed by atoms with Crippen molar-refractivity contribution in [1.29, 1.82) is 0 Å². The molecule has 1 unspecified atom stereocenters. The van der Waals surface area contributed by atoms with Gasteiger partial charge in [-0.3, -0.25) is 4.79 Å². The molecule has 0 amide bonds. The average Bonchev–Trinajstić information content (AvgIpc) is 2.37. The number of ketones is 1. The van der Waals surface area contributed by atoms with E-state index in [1.54, 1.807) is 7.11 Å². The Bertz CT molecular complexity index is 462. The van der Waals surface area contributed by atoms with Gasteiger partial charge in [0.1, 0.15) is 11.5 Å². The number of hydrogen-bond acceptors (Lipinski definition) is 2. The van der Waals surface area contributed by atoms with Gasteiger partial charge in [-0.05, 0) is 35.6 Å². The Hall–Kier alpha value is -1.09. The summed E-state index contributed by atoms with van der Waals surface area (Å²) in [6.45, 7) is 7.12. The van der Waals surface area contributed by atoms with Gasteiger partial charge in [-0.1, -0.05) is 31.8 Å². The molecular formula is C16H24O2Si. The number of methoxy groups -OCH3 is 1. The van der Waals surface area contributed by atoms with E-state index in [9.17, 15) is 4.79 Å². The molecular weight excluding hydrogens is 252 g/mol. The largest absolute Gasteiger partial charge is 0.497 e. The fourth-order valence-corrected chi connectivity index (χ4v) is 4.78. The number of Topliss-reactive ketones (excluding diaryl/α,β-unsaturated/α-hetero) is 1. The number of hydrogen-bond donors (Lipinski definition) is 0. The van der Waals surface area contributed by atoms with Crippen LogP contribution in [0.15, 0.2) is 24.3 Å². The minimum absolute atomic E-state index is 0.382. The van der Waals surface area contributed by atoms with Crippen molar-refractivity contribution in [2.45, 2.75) is 50.4 Å². The Morgan fingerprint density at radius 2 is 1.95 bits per heavy atom. The Morgan fingerprint density at radius 1 is 1.21 bits per heavy atom. The summed E-state index contributed by atoms with van der Waals surface area (Å²) in [5, 5.41) is 0. The minimum Gasteiger partial charge on any atom is -0.497 e. The van der Waals surface area contributed by atoms with Crippen LogP contribution in [0.3, 0.4) is 0 Å². The zero-order valence-corrected chi connectivity index (χ0v) is 13.4. The molecule has 2 atom stereocenters. The van der Waals surface area contributed by atoms with Crippen LogP contribution in [0.25, 0.3) is 0 Å². The molecule has 1 aliphatic rings. The monoisotopic (exact) mass is 276 g/mol. The topological polar surface area (TPSA) is 26.3 Å². The lowest BCUT2D eigenvalue weighted by molar-refractivity contribution is -0.120. The summed E-state index contributed by atoms with van der Waals surface area (Å²) in [6, 6.07) is 8.21. The van der Waals surface area contributed by atoms with Crippen molar-refractivity contribution >= 4 is 13.9 Å². The maximum Gasteiger partial charge on any atom is 0.133 e. The summed E-state index contributed by atoms with van der Waals surface area (Å²) in [6.07, 6.45) is 2.67. The van der Waals surface area contributed by atoms with E-state index in [2.05, 4.69) is 31.8 Å². The highest BCUT2D eigenvalue weighted by molar-refractivity contribution is 6.77. The molecule has 1 fully saturated rings. The van der Waals surface area contributed by atoms with E-state index in [4.69, 9.17) is 4.74 Å². The van der Waals surface area contributed by atoms with Crippen molar-refractivity contribution in [3.63, 3.8) is 0 Å². The van der Waals surface area contributed by atoms with Crippen molar-refractivity contribution < 1.29 is 9.53 Å². The van der Waals surface area contributed by atoms with Gasteiger partial charge in [-0.2, -0.15) is 0 Å². The Morgan fingerprint density at radius 3 is 2.58 bits per heavy atom. The van der Waals surface area contributed by atoms with E-state index in [0.717, 1.165) is 18.6 Å². The second kappa shape index (κ2) is 5.49. The van der Waals surface area contributed by atoms with Gasteiger partial charge in [0.15, 0.2) is 0 Å².